The number of nitrogens with zero attached hydrogens (tertiary/aromatic N) is 2. The predicted molar refractivity (Wildman–Crippen MR) is 28.2 cm³/mol. The van der Waals surface area contributed by atoms with Gasteiger partial charge >= 0.3 is 0 Å². The van der Waals surface area contributed by atoms with Crippen LogP contribution in [-0.2, 0) is 0 Å². The molecule has 0 aromatic rings. The van der Waals surface area contributed by atoms with Gasteiger partial charge < -0.3 is 0 Å². The SMILES string of the molecule is FC(F)C1=NC(Cl)=[C][N]1. The van der Waals surface area contributed by atoms with Gasteiger partial charge in [0.1, 0.15) is 6.20 Å². The molecule has 2 nitrogen and oxygen atoms in total. The quantitative estimate of drug-likeness (QED) is 0.501. The van der Waals surface area contributed by atoms with E-state index in [9.17, 15) is 8.78 Å². The van der Waals surface area contributed by atoms with Gasteiger partial charge in [0, 0.05) is 0 Å². The molecule has 9 heavy (non-hydrogen) atoms. The highest BCUT2D eigenvalue weighted by molar-refractivity contribution is 6.30. The zero-order valence-electron chi connectivity index (χ0n) is 4.11. The van der Waals surface area contributed by atoms with Crippen LogP contribution in [0.3, 0.4) is 0 Å². The highest BCUT2D eigenvalue weighted by Crippen LogP contribution is 2.10. The van der Waals surface area contributed by atoms with E-state index < -0.39 is 12.3 Å². The minimum absolute atomic E-state index is 0.120. The Labute approximate surface area is 55.2 Å². The number of hydrogen-bond acceptors (Lipinski definition) is 1. The van der Waals surface area contributed by atoms with Crippen molar-refractivity contribution in [3.8, 4) is 0 Å². The summed E-state index contributed by atoms with van der Waals surface area (Å²) in [4.78, 5) is 3.16. The Morgan fingerprint density at radius 3 is 2.44 bits per heavy atom. The predicted octanol–water partition coefficient (Wildman–Crippen LogP) is 1.11. The first-order chi connectivity index (χ1) is 4.20. The van der Waals surface area contributed by atoms with E-state index in [1.54, 1.807) is 0 Å². The second-order valence-electron chi connectivity index (χ2n) is 1.29. The lowest BCUT2D eigenvalue weighted by atomic mass is 10.6. The molecule has 0 amide bonds. The average molecular weight is 151 g/mol. The van der Waals surface area contributed by atoms with Crippen molar-refractivity contribution in [3.63, 3.8) is 0 Å². The molecule has 1 rings (SSSR count). The van der Waals surface area contributed by atoms with E-state index >= 15 is 0 Å². The molecule has 0 saturated carbocycles. The molecule has 2 radical (unpaired) electrons. The van der Waals surface area contributed by atoms with E-state index in [0.717, 1.165) is 0 Å². The summed E-state index contributed by atoms with van der Waals surface area (Å²) in [7, 11) is 0. The zero-order valence-corrected chi connectivity index (χ0v) is 4.86. The lowest BCUT2D eigenvalue weighted by molar-refractivity contribution is 0.222. The number of aliphatic imine (C=N–C) groups is 1. The van der Waals surface area contributed by atoms with Crippen LogP contribution in [0.4, 0.5) is 8.78 Å². The summed E-state index contributed by atoms with van der Waals surface area (Å²) in [5.74, 6) is -0.569. The van der Waals surface area contributed by atoms with Gasteiger partial charge in [0.25, 0.3) is 6.43 Å². The van der Waals surface area contributed by atoms with Crippen LogP contribution in [0, 0.1) is 6.20 Å². The normalized spacial score (nSPS) is 17.3. The molecule has 1 aliphatic rings. The van der Waals surface area contributed by atoms with Crippen molar-refractivity contribution < 1.29 is 8.78 Å². The Hall–Kier alpha value is -0.640. The summed E-state index contributed by atoms with van der Waals surface area (Å²) in [5.41, 5.74) is 0. The highest BCUT2D eigenvalue weighted by atomic mass is 35.5. The number of rotatable bonds is 1. The van der Waals surface area contributed by atoms with Crippen LogP contribution in [0.2, 0.25) is 0 Å². The van der Waals surface area contributed by atoms with Crippen LogP contribution >= 0.6 is 11.6 Å². The molecule has 0 saturated heterocycles. The molecule has 0 atom stereocenters. The van der Waals surface area contributed by atoms with Crippen LogP contribution in [0.25, 0.3) is 0 Å². The Morgan fingerprint density at radius 1 is 1.56 bits per heavy atom. The summed E-state index contributed by atoms with van der Waals surface area (Å²) in [6.07, 6.45) is -0.584. The first kappa shape index (κ1) is 6.48. The van der Waals surface area contributed by atoms with Crippen LogP contribution in [0.15, 0.2) is 10.1 Å². The molecule has 0 bridgehead atoms. The van der Waals surface area contributed by atoms with E-state index in [0.29, 0.717) is 0 Å². The second-order valence-corrected chi connectivity index (χ2v) is 1.64. The first-order valence-electron chi connectivity index (χ1n) is 2.06. The molecule has 0 spiro atoms. The van der Waals surface area contributed by atoms with Crippen LogP contribution in [0.1, 0.15) is 0 Å². The zero-order chi connectivity index (χ0) is 6.85. The standard InChI is InChI=1S/C4HClF2N2/c5-2-1-8-4(9-2)3(6)7/h3H. The molecule has 1 aliphatic heterocycles. The van der Waals surface area contributed by atoms with Crippen molar-refractivity contribution in [1.82, 2.24) is 5.32 Å². The van der Waals surface area contributed by atoms with Gasteiger partial charge in [-0.2, -0.15) is 0 Å². The van der Waals surface area contributed by atoms with Gasteiger partial charge in [0.05, 0.1) is 0 Å². The first-order valence-corrected chi connectivity index (χ1v) is 2.44. The number of amidine groups is 1. The Balaban J connectivity index is 2.60. The Bertz CT molecular complexity index is 175. The smallest absolute Gasteiger partial charge is 0.222 e. The third kappa shape index (κ3) is 1.38. The van der Waals surface area contributed by atoms with Crippen molar-refractivity contribution in [2.24, 2.45) is 4.99 Å². The van der Waals surface area contributed by atoms with Crippen LogP contribution < -0.4 is 5.32 Å². The molecule has 48 valence electrons. The summed E-state index contributed by atoms with van der Waals surface area (Å²) in [6.45, 7) is 0. The summed E-state index contributed by atoms with van der Waals surface area (Å²) >= 11 is 5.14. The Morgan fingerprint density at radius 2 is 2.22 bits per heavy atom. The van der Waals surface area contributed by atoms with Crippen molar-refractivity contribution in [1.29, 1.82) is 0 Å². The lowest BCUT2D eigenvalue weighted by Gasteiger charge is -1.91. The minimum Gasteiger partial charge on any atom is -0.222 e. The van der Waals surface area contributed by atoms with Crippen LogP contribution in [0.5, 0.6) is 0 Å². The molecular formula is C4HClF2N2. The summed E-state index contributed by atoms with van der Waals surface area (Å²) in [6, 6.07) is 0. The van der Waals surface area contributed by atoms with Crippen molar-refractivity contribution >= 4 is 17.4 Å². The van der Waals surface area contributed by atoms with Crippen molar-refractivity contribution in [2.45, 2.75) is 6.43 Å². The summed E-state index contributed by atoms with van der Waals surface area (Å²) < 4.78 is 23.2. The third-order valence-electron chi connectivity index (χ3n) is 0.671. The van der Waals surface area contributed by atoms with Crippen LogP contribution in [-0.4, -0.2) is 12.3 Å². The monoisotopic (exact) mass is 150 g/mol. The fourth-order valence-corrected chi connectivity index (χ4v) is 0.480. The van der Waals surface area contributed by atoms with Gasteiger partial charge in [-0.1, -0.05) is 11.6 Å². The van der Waals surface area contributed by atoms with Gasteiger partial charge in [-0.05, 0) is 0 Å². The number of hydrogen-bond donors (Lipinski definition) is 0. The largest absolute Gasteiger partial charge is 0.297 e. The van der Waals surface area contributed by atoms with Gasteiger partial charge in [-0.15, -0.1) is 0 Å². The number of halogens is 3. The van der Waals surface area contributed by atoms with Gasteiger partial charge in [-0.3, -0.25) is 0 Å². The fraction of sp³-hybridized carbons (Fsp3) is 0.250. The molecule has 5 heteroatoms. The van der Waals surface area contributed by atoms with E-state index in [2.05, 4.69) is 16.5 Å². The highest BCUT2D eigenvalue weighted by Gasteiger charge is 2.18. The van der Waals surface area contributed by atoms with E-state index in [-0.39, 0.29) is 5.16 Å². The molecule has 0 N–H and O–H groups in total. The van der Waals surface area contributed by atoms with Crippen molar-refractivity contribution in [2.75, 3.05) is 0 Å². The number of alkyl halides is 2. The maximum atomic E-state index is 11.6. The van der Waals surface area contributed by atoms with Gasteiger partial charge in [0.2, 0.25) is 0 Å². The minimum atomic E-state index is -2.66. The van der Waals surface area contributed by atoms with Gasteiger partial charge in [0.15, 0.2) is 11.0 Å². The summed E-state index contributed by atoms with van der Waals surface area (Å²) in [5, 5.41) is 2.98. The fourth-order valence-electron chi connectivity index (χ4n) is 0.352. The molecule has 0 aliphatic carbocycles. The molecular weight excluding hydrogens is 150 g/mol. The molecule has 0 aromatic heterocycles. The lowest BCUT2D eigenvalue weighted by Crippen LogP contribution is -2.16. The molecule has 0 unspecified atom stereocenters. The molecule has 0 aromatic carbocycles. The molecule has 1 heterocycles. The maximum Gasteiger partial charge on any atom is 0.297 e. The van der Waals surface area contributed by atoms with E-state index in [4.69, 9.17) is 11.6 Å². The average Bonchev–Trinajstić information content (AvgIpc) is 2.14. The van der Waals surface area contributed by atoms with Gasteiger partial charge in [-0.25, -0.2) is 19.1 Å². The topological polar surface area (TPSA) is 26.5 Å². The second kappa shape index (κ2) is 2.31. The Kier molecular flexibility index (Phi) is 1.66. The van der Waals surface area contributed by atoms with Crippen molar-refractivity contribution in [3.05, 3.63) is 11.4 Å². The van der Waals surface area contributed by atoms with E-state index in [1.165, 1.54) is 0 Å². The van der Waals surface area contributed by atoms with E-state index in [1.807, 2.05) is 0 Å². The molecule has 0 fully saturated rings. The maximum absolute atomic E-state index is 11.6. The third-order valence-corrected chi connectivity index (χ3v) is 0.840.